The zero-order chi connectivity index (χ0) is 17.6. The van der Waals surface area contributed by atoms with E-state index in [1.807, 2.05) is 34.6 Å². The van der Waals surface area contributed by atoms with Gasteiger partial charge in [-0.25, -0.2) is 0 Å². The first-order valence-electron chi connectivity index (χ1n) is 7.06. The summed E-state index contributed by atoms with van der Waals surface area (Å²) in [5.41, 5.74) is 0. The maximum Gasteiger partial charge on any atom is 2.00 e. The van der Waals surface area contributed by atoms with Gasteiger partial charge in [0.15, 0.2) is 0 Å². The average molecular weight is 368 g/mol. The third kappa shape index (κ3) is 36.4. The van der Waals surface area contributed by atoms with Crippen LogP contribution in [0.15, 0.2) is 0 Å². The fourth-order valence-electron chi connectivity index (χ4n) is 0.841. The maximum absolute atomic E-state index is 9.93. The van der Waals surface area contributed by atoms with Gasteiger partial charge >= 0.3 is 23.0 Å². The van der Waals surface area contributed by atoms with Gasteiger partial charge in [0, 0.05) is 11.9 Å². The number of carboxylic acids is 3. The molecule has 6 nitrogen and oxygen atoms in total. The molecule has 0 aromatic heterocycles. The Morgan fingerprint density at radius 1 is 0.864 bits per heavy atom. The molecule has 0 aromatic carbocycles. The summed E-state index contributed by atoms with van der Waals surface area (Å²) in [6, 6.07) is 0. The van der Waals surface area contributed by atoms with E-state index in [9.17, 15) is 24.6 Å². The number of carbonyl (C=O) groups is 3. The summed E-state index contributed by atoms with van der Waals surface area (Å²) >= 11 is 0. The smallest absolute Gasteiger partial charge is 0.550 e. The molecule has 22 heavy (non-hydrogen) atoms. The van der Waals surface area contributed by atoms with Crippen molar-refractivity contribution in [3.05, 3.63) is 0 Å². The van der Waals surface area contributed by atoms with Crippen molar-refractivity contribution in [2.45, 2.75) is 60.8 Å². The van der Waals surface area contributed by atoms with Crippen LogP contribution in [-0.2, 0) is 31.5 Å². The van der Waals surface area contributed by atoms with E-state index in [0.29, 0.717) is 0 Å². The van der Waals surface area contributed by atoms with Crippen LogP contribution in [0.1, 0.15) is 60.8 Å². The molecule has 0 rings (SSSR count). The Morgan fingerprint density at radius 3 is 1.14 bits per heavy atom. The maximum atomic E-state index is 9.93. The molecule has 0 aliphatic heterocycles. The standard InChI is InChI=1S/3C5H10O2.Cu/c2*1-4(2)3-5(6)7;1-3-4(2)5(6)7;/h3*4H,3H2,1-2H3,(H,6,7);/q;;;+2/p-2. The minimum absolute atomic E-state index is 0. The minimum Gasteiger partial charge on any atom is -0.550 e. The number of hydrogen-bond acceptors (Lipinski definition) is 5. The first-order valence-corrected chi connectivity index (χ1v) is 7.06. The van der Waals surface area contributed by atoms with Gasteiger partial charge in [0.2, 0.25) is 0 Å². The zero-order valence-corrected chi connectivity index (χ0v) is 15.1. The van der Waals surface area contributed by atoms with Crippen LogP contribution < -0.4 is 10.2 Å². The monoisotopic (exact) mass is 367 g/mol. The van der Waals surface area contributed by atoms with Crippen LogP contribution >= 0.6 is 0 Å². The predicted octanol–water partition coefficient (Wildman–Crippen LogP) is 0.679. The Balaban J connectivity index is -0.000000108. The van der Waals surface area contributed by atoms with Gasteiger partial charge in [-0.05, 0) is 31.1 Å². The fraction of sp³-hybridized carbons (Fsp3) is 0.800. The van der Waals surface area contributed by atoms with Crippen molar-refractivity contribution >= 4 is 17.9 Å². The van der Waals surface area contributed by atoms with E-state index in [1.165, 1.54) is 0 Å². The summed E-state index contributed by atoms with van der Waals surface area (Å²) in [5.74, 6) is -2.39. The molecule has 0 aromatic rings. The number of aliphatic carboxylic acids is 3. The van der Waals surface area contributed by atoms with Gasteiger partial charge in [0.1, 0.15) is 0 Å². The van der Waals surface area contributed by atoms with Crippen LogP contribution in [0.2, 0.25) is 0 Å². The molecular formula is C15H28CuO6. The molecule has 135 valence electrons. The Hall–Kier alpha value is -1.07. The molecule has 1 N–H and O–H groups in total. The Kier molecular flexibility index (Phi) is 23.7. The van der Waals surface area contributed by atoms with Crippen molar-refractivity contribution in [1.29, 1.82) is 0 Å². The Bertz CT molecular complexity index is 282. The molecule has 1 atom stereocenters. The number of carbonyl (C=O) groups excluding carboxylic acids is 2. The van der Waals surface area contributed by atoms with Gasteiger partial charge in [-0.15, -0.1) is 0 Å². The van der Waals surface area contributed by atoms with E-state index in [2.05, 4.69) is 0 Å². The number of rotatable bonds is 6. The SMILES string of the molecule is CC(C)CC(=O)[O-].CC(C)CC(=O)[O-].CCC(C)C(=O)O.[Cu+2]. The van der Waals surface area contributed by atoms with Crippen molar-refractivity contribution in [2.24, 2.45) is 17.8 Å². The molecule has 1 radical (unpaired) electrons. The molecule has 0 spiro atoms. The van der Waals surface area contributed by atoms with Gasteiger partial charge in [0.25, 0.3) is 0 Å². The first kappa shape index (κ1) is 29.0. The normalized spacial score (nSPS) is 10.4. The Morgan fingerprint density at radius 2 is 1.14 bits per heavy atom. The molecule has 0 fully saturated rings. The van der Waals surface area contributed by atoms with Crippen LogP contribution in [0, 0.1) is 17.8 Å². The van der Waals surface area contributed by atoms with E-state index in [1.54, 1.807) is 6.92 Å². The molecule has 1 unspecified atom stereocenters. The summed E-state index contributed by atoms with van der Waals surface area (Å²) in [6.07, 6.45) is 1.05. The van der Waals surface area contributed by atoms with Crippen LogP contribution in [0.5, 0.6) is 0 Å². The van der Waals surface area contributed by atoms with Gasteiger partial charge < -0.3 is 24.9 Å². The summed E-state index contributed by atoms with van der Waals surface area (Å²) in [6.45, 7) is 10.9. The van der Waals surface area contributed by atoms with E-state index in [0.717, 1.165) is 6.42 Å². The third-order valence-electron chi connectivity index (χ3n) is 2.18. The quantitative estimate of drug-likeness (QED) is 0.689. The molecule has 0 saturated heterocycles. The van der Waals surface area contributed by atoms with Crippen LogP contribution in [0.25, 0.3) is 0 Å². The van der Waals surface area contributed by atoms with Crippen molar-refractivity contribution in [3.63, 3.8) is 0 Å². The molecule has 0 saturated carbocycles. The van der Waals surface area contributed by atoms with E-state index >= 15 is 0 Å². The predicted molar refractivity (Wildman–Crippen MR) is 76.0 cm³/mol. The fourth-order valence-corrected chi connectivity index (χ4v) is 0.841. The summed E-state index contributed by atoms with van der Waals surface area (Å²) in [5, 5.41) is 27.6. The van der Waals surface area contributed by atoms with Crippen LogP contribution in [0.4, 0.5) is 0 Å². The van der Waals surface area contributed by atoms with Gasteiger partial charge in [-0.2, -0.15) is 0 Å². The zero-order valence-electron chi connectivity index (χ0n) is 14.1. The van der Waals surface area contributed by atoms with Crippen LogP contribution in [-0.4, -0.2) is 23.0 Å². The molecule has 0 aliphatic carbocycles. The van der Waals surface area contributed by atoms with Crippen molar-refractivity contribution in [3.8, 4) is 0 Å². The van der Waals surface area contributed by atoms with Crippen molar-refractivity contribution in [2.75, 3.05) is 0 Å². The van der Waals surface area contributed by atoms with Gasteiger partial charge in [-0.1, -0.05) is 41.5 Å². The summed E-state index contributed by atoms with van der Waals surface area (Å²) in [4.78, 5) is 29.3. The number of carboxylic acid groups (broad SMARTS) is 3. The minimum atomic E-state index is -0.963. The van der Waals surface area contributed by atoms with Crippen molar-refractivity contribution in [1.82, 2.24) is 0 Å². The second-order valence-electron chi connectivity index (χ2n) is 5.59. The van der Waals surface area contributed by atoms with Crippen molar-refractivity contribution < 1.29 is 46.8 Å². The topological polar surface area (TPSA) is 118 Å². The second kappa shape index (κ2) is 18.0. The molecule has 0 bridgehead atoms. The number of hydrogen-bond donors (Lipinski definition) is 1. The molecule has 0 amide bonds. The molecule has 0 heterocycles. The molecule has 7 heteroatoms. The first-order chi connectivity index (χ1) is 9.43. The average Bonchev–Trinajstić information content (AvgIpc) is 2.25. The molecule has 0 aliphatic rings. The summed E-state index contributed by atoms with van der Waals surface area (Å²) in [7, 11) is 0. The van der Waals surface area contributed by atoms with Gasteiger partial charge in [0.05, 0.1) is 5.92 Å². The van der Waals surface area contributed by atoms with E-state index in [4.69, 9.17) is 5.11 Å². The van der Waals surface area contributed by atoms with E-state index in [-0.39, 0.29) is 47.7 Å². The largest absolute Gasteiger partial charge is 2.00 e. The van der Waals surface area contributed by atoms with Crippen LogP contribution in [0.3, 0.4) is 0 Å². The van der Waals surface area contributed by atoms with E-state index < -0.39 is 17.9 Å². The molecular weight excluding hydrogens is 340 g/mol. The second-order valence-corrected chi connectivity index (χ2v) is 5.59. The summed E-state index contributed by atoms with van der Waals surface area (Å²) < 4.78 is 0. The van der Waals surface area contributed by atoms with Gasteiger partial charge in [-0.3, -0.25) is 4.79 Å². The Labute approximate surface area is 143 Å². The third-order valence-corrected chi connectivity index (χ3v) is 2.18.